The molecule has 13 heteroatoms. The van der Waals surface area contributed by atoms with E-state index in [0.29, 0.717) is 19.3 Å². The molecule has 0 unspecified atom stereocenters. The van der Waals surface area contributed by atoms with E-state index in [2.05, 4.69) is 0 Å². The summed E-state index contributed by atoms with van der Waals surface area (Å²) in [6.45, 7) is 17.4. The highest BCUT2D eigenvalue weighted by molar-refractivity contribution is 5.91. The number of ketones is 3. The van der Waals surface area contributed by atoms with Gasteiger partial charge >= 0.3 is 5.97 Å². The van der Waals surface area contributed by atoms with Gasteiger partial charge in [-0.2, -0.15) is 0 Å². The Morgan fingerprint density at radius 1 is 0.828 bits per heavy atom. The van der Waals surface area contributed by atoms with E-state index < -0.39 is 119 Å². The molecule has 0 aliphatic carbocycles. The number of carbonyl (C=O) groups excluding carboxylic acids is 4. The fourth-order valence-corrected chi connectivity index (χ4v) is 8.94. The first kappa shape index (κ1) is 49.7. The zero-order valence-electron chi connectivity index (χ0n) is 36.4. The molecule has 1 spiro atoms. The Balaban J connectivity index is 2.06. The minimum atomic E-state index is -2.23. The van der Waals surface area contributed by atoms with Crippen LogP contribution in [0.15, 0.2) is 36.5 Å². The Labute approximate surface area is 344 Å². The van der Waals surface area contributed by atoms with Crippen molar-refractivity contribution in [2.45, 2.75) is 174 Å². The predicted molar refractivity (Wildman–Crippen MR) is 217 cm³/mol. The van der Waals surface area contributed by atoms with Crippen molar-refractivity contribution >= 4 is 23.3 Å². The van der Waals surface area contributed by atoms with Crippen molar-refractivity contribution in [1.82, 2.24) is 0 Å². The number of carbonyl (C=O) groups is 4. The van der Waals surface area contributed by atoms with E-state index in [1.165, 1.54) is 40.7 Å². The van der Waals surface area contributed by atoms with Gasteiger partial charge in [0.1, 0.15) is 17.5 Å². The molecule has 0 aromatic carbocycles. The van der Waals surface area contributed by atoms with E-state index in [1.807, 2.05) is 38.2 Å². The molecule has 0 radical (unpaired) electrons. The number of hydrogen-bond donors (Lipinski definition) is 6. The quantitative estimate of drug-likeness (QED) is 0.221. The molecule has 3 rings (SSSR count). The Bertz CT molecular complexity index is 1510. The molecule has 58 heavy (non-hydrogen) atoms. The van der Waals surface area contributed by atoms with Crippen molar-refractivity contribution in [2.24, 2.45) is 47.3 Å². The minimum absolute atomic E-state index is 0.00618. The van der Waals surface area contributed by atoms with E-state index in [1.54, 1.807) is 27.7 Å². The highest BCUT2D eigenvalue weighted by atomic mass is 16.7. The third-order valence-corrected chi connectivity index (χ3v) is 13.3. The molecule has 2 bridgehead atoms. The summed E-state index contributed by atoms with van der Waals surface area (Å²) >= 11 is 0. The molecule has 13 nitrogen and oxygen atoms in total. The van der Waals surface area contributed by atoms with Crippen LogP contribution in [0.4, 0.5) is 0 Å². The topological polar surface area (TPSA) is 217 Å². The average molecular weight is 821 g/mol. The first-order valence-corrected chi connectivity index (χ1v) is 21.2. The third-order valence-electron chi connectivity index (χ3n) is 13.3. The van der Waals surface area contributed by atoms with Gasteiger partial charge in [0.2, 0.25) is 0 Å². The Morgan fingerprint density at radius 3 is 2.05 bits per heavy atom. The summed E-state index contributed by atoms with van der Waals surface area (Å²) in [6, 6.07) is 0. The van der Waals surface area contributed by atoms with Crippen molar-refractivity contribution in [3.05, 3.63) is 36.5 Å². The van der Waals surface area contributed by atoms with Gasteiger partial charge in [-0.25, -0.2) is 4.79 Å². The van der Waals surface area contributed by atoms with Crippen LogP contribution in [-0.4, -0.2) is 114 Å². The van der Waals surface area contributed by atoms with Crippen LogP contribution < -0.4 is 0 Å². The molecule has 3 aliphatic rings. The van der Waals surface area contributed by atoms with E-state index >= 15 is 0 Å². The Kier molecular flexibility index (Phi) is 17.4. The SMILES string of the molecule is CC[C@H]1/C=C\C=C/C[C@@H](C)[C@H](O)[C@@](C)(O)C(=O)[C@@H](C)[C@H](O)[C@@H](C)C(=O)[C@@H](C)[C@H](O)[C@@H](C)/C=C\C(=O)O[C@@H]2[C@H](C)[C@H](CC1)O[C@@]1(O[C@@H](C[C@@H](C)O)[C@@H](C)CC1=O)[C@]2(C)O. The van der Waals surface area contributed by atoms with Crippen molar-refractivity contribution in [2.75, 3.05) is 0 Å². The maximum absolute atomic E-state index is 14.0. The number of esters is 1. The molecule has 2 fully saturated rings. The van der Waals surface area contributed by atoms with Gasteiger partial charge < -0.3 is 44.8 Å². The lowest BCUT2D eigenvalue weighted by Crippen LogP contribution is -2.75. The summed E-state index contributed by atoms with van der Waals surface area (Å²) in [4.78, 5) is 54.6. The number of fused-ring (bicyclic) bond motifs is 2. The van der Waals surface area contributed by atoms with E-state index in [0.717, 1.165) is 12.5 Å². The van der Waals surface area contributed by atoms with Crippen LogP contribution in [0.25, 0.3) is 0 Å². The first-order chi connectivity index (χ1) is 26.8. The zero-order chi connectivity index (χ0) is 44.1. The van der Waals surface area contributed by atoms with Gasteiger partial charge in [0, 0.05) is 42.1 Å². The van der Waals surface area contributed by atoms with Gasteiger partial charge in [-0.15, -0.1) is 0 Å². The van der Waals surface area contributed by atoms with Gasteiger partial charge in [-0.1, -0.05) is 85.8 Å². The summed E-state index contributed by atoms with van der Waals surface area (Å²) in [5.74, 6) is -10.5. The van der Waals surface area contributed by atoms with E-state index in [9.17, 15) is 49.8 Å². The lowest BCUT2D eigenvalue weighted by Gasteiger charge is -2.57. The molecular weight excluding hydrogens is 748 g/mol. The van der Waals surface area contributed by atoms with Crippen LogP contribution in [-0.2, 0) is 33.4 Å². The van der Waals surface area contributed by atoms with E-state index in [-0.39, 0.29) is 24.7 Å². The number of rotatable bonds is 3. The average Bonchev–Trinajstić information content (AvgIpc) is 3.16. The molecule has 0 saturated carbocycles. The number of ether oxygens (including phenoxy) is 3. The lowest BCUT2D eigenvalue weighted by molar-refractivity contribution is -0.388. The molecule has 0 amide bonds. The van der Waals surface area contributed by atoms with Crippen molar-refractivity contribution in [1.29, 1.82) is 0 Å². The molecule has 3 aliphatic heterocycles. The standard InChI is InChI=1S/C45H72O13/c1-12-32-17-15-13-14-16-25(3)40(52)43(10,54)41(53)31(9)39(51)30(8)38(50)29(7)37(49)24(2)18-21-36(48)56-42-28(6)33(20-19-32)57-45(44(42,11)55)35(47)22-26(4)34(58-45)23-27(5)46/h13-15,17-18,21,24-34,37,39-40,42,46,49,51-52,54-55H,12,16,19-20,22-23H2,1-11H3/b14-13-,17-15-,21-18-/t24-,25+,26-,27+,28+,29-,30-,31-,32-,33-,34-,37+,39+,40-,42+,43+,44+,45-/m0/s1. The van der Waals surface area contributed by atoms with Crippen LogP contribution in [0, 0.1) is 47.3 Å². The number of allylic oxidation sites excluding steroid dienone is 4. The summed E-state index contributed by atoms with van der Waals surface area (Å²) in [7, 11) is 0. The van der Waals surface area contributed by atoms with E-state index in [4.69, 9.17) is 14.2 Å². The Morgan fingerprint density at radius 2 is 1.45 bits per heavy atom. The number of Topliss-reactive ketones (excluding diaryl/α,β-unsaturated/α-hetero) is 3. The maximum atomic E-state index is 14.0. The highest BCUT2D eigenvalue weighted by Crippen LogP contribution is 2.49. The fraction of sp³-hybridized carbons (Fsp3) is 0.778. The molecule has 18 atom stereocenters. The van der Waals surface area contributed by atoms with Crippen LogP contribution >= 0.6 is 0 Å². The van der Waals surface area contributed by atoms with Crippen LogP contribution in [0.1, 0.15) is 115 Å². The predicted octanol–water partition coefficient (Wildman–Crippen LogP) is 4.18. The number of aliphatic hydroxyl groups is 6. The third kappa shape index (κ3) is 10.8. The zero-order valence-corrected chi connectivity index (χ0v) is 36.4. The normalized spacial score (nSPS) is 46.9. The van der Waals surface area contributed by atoms with Gasteiger partial charge in [0.05, 0.1) is 36.6 Å². The largest absolute Gasteiger partial charge is 0.456 e. The van der Waals surface area contributed by atoms with Crippen molar-refractivity contribution < 1.29 is 64.0 Å². The number of hydrogen-bond acceptors (Lipinski definition) is 13. The second-order valence-corrected chi connectivity index (χ2v) is 18.2. The molecule has 330 valence electrons. The second-order valence-electron chi connectivity index (χ2n) is 18.2. The fourth-order valence-electron chi connectivity index (χ4n) is 8.94. The summed E-state index contributed by atoms with van der Waals surface area (Å²) in [6.07, 6.45) is 4.55. The monoisotopic (exact) mass is 820 g/mol. The molecule has 6 N–H and O–H groups in total. The molecule has 0 aromatic heterocycles. The maximum Gasteiger partial charge on any atom is 0.330 e. The summed E-state index contributed by atoms with van der Waals surface area (Å²) < 4.78 is 19.0. The Hall–Kier alpha value is -2.62. The minimum Gasteiger partial charge on any atom is -0.456 e. The smallest absolute Gasteiger partial charge is 0.330 e. The van der Waals surface area contributed by atoms with Crippen molar-refractivity contribution in [3.63, 3.8) is 0 Å². The van der Waals surface area contributed by atoms with Crippen molar-refractivity contribution in [3.8, 4) is 0 Å². The van der Waals surface area contributed by atoms with Gasteiger partial charge in [-0.05, 0) is 70.6 Å². The van der Waals surface area contributed by atoms with Gasteiger partial charge in [0.25, 0.3) is 5.79 Å². The first-order valence-electron chi connectivity index (χ1n) is 21.2. The van der Waals surface area contributed by atoms with Crippen LogP contribution in [0.5, 0.6) is 0 Å². The summed E-state index contributed by atoms with van der Waals surface area (Å²) in [5, 5.41) is 67.3. The molecule has 0 aromatic rings. The highest BCUT2D eigenvalue weighted by Gasteiger charge is 2.69. The molecule has 2 saturated heterocycles. The summed E-state index contributed by atoms with van der Waals surface area (Å²) in [5.41, 5.74) is -4.38. The second kappa shape index (κ2) is 20.3. The van der Waals surface area contributed by atoms with Gasteiger partial charge in [0.15, 0.2) is 17.2 Å². The van der Waals surface area contributed by atoms with Crippen LogP contribution in [0.2, 0.25) is 0 Å². The molecule has 3 heterocycles. The van der Waals surface area contributed by atoms with Gasteiger partial charge in [-0.3, -0.25) is 14.4 Å². The van der Waals surface area contributed by atoms with Crippen LogP contribution in [0.3, 0.4) is 0 Å². The molecular formula is C45H72O13. The number of aliphatic hydroxyl groups excluding tert-OH is 4. The lowest BCUT2D eigenvalue weighted by atomic mass is 9.71.